The minimum Gasteiger partial charge on any atom is -0.480 e. The number of hydrogen-bond acceptors (Lipinski definition) is 3. The van der Waals surface area contributed by atoms with Crippen LogP contribution in [-0.4, -0.2) is 46.8 Å². The molecule has 76 valence electrons. The second-order valence-electron chi connectivity index (χ2n) is 4.00. The molecule has 0 bridgehead atoms. The predicted molar refractivity (Wildman–Crippen MR) is 48.6 cm³/mol. The third-order valence-corrected chi connectivity index (χ3v) is 2.50. The van der Waals surface area contributed by atoms with E-state index in [0.29, 0.717) is 6.54 Å². The van der Waals surface area contributed by atoms with Crippen LogP contribution in [0.2, 0.25) is 0 Å². The van der Waals surface area contributed by atoms with Crippen LogP contribution in [0.5, 0.6) is 0 Å². The summed E-state index contributed by atoms with van der Waals surface area (Å²) in [6, 6.07) is 0. The average molecular weight is 187 g/mol. The Labute approximate surface area is 78.2 Å². The number of nitrogens with zero attached hydrogens (tertiary/aromatic N) is 1. The molecule has 1 rings (SSSR count). The van der Waals surface area contributed by atoms with Crippen molar-refractivity contribution in [3.8, 4) is 0 Å². The number of carboxylic acids is 1. The van der Waals surface area contributed by atoms with Crippen LogP contribution in [0.3, 0.4) is 0 Å². The molecule has 0 aromatic heterocycles. The van der Waals surface area contributed by atoms with Gasteiger partial charge in [-0.15, -0.1) is 0 Å². The van der Waals surface area contributed by atoms with E-state index in [1.165, 1.54) is 0 Å². The van der Waals surface area contributed by atoms with Crippen molar-refractivity contribution < 1.29 is 15.0 Å². The molecular formula is C9H17NO3. The van der Waals surface area contributed by atoms with E-state index in [1.807, 2.05) is 0 Å². The number of aliphatic carboxylic acids is 1. The topological polar surface area (TPSA) is 60.8 Å². The largest absolute Gasteiger partial charge is 0.480 e. The van der Waals surface area contributed by atoms with Gasteiger partial charge in [0, 0.05) is 6.54 Å². The van der Waals surface area contributed by atoms with Gasteiger partial charge < -0.3 is 10.2 Å². The molecule has 1 aliphatic rings. The standard InChI is InChI=1S/C9H17NO3/c1-10(6-8(11)12)7-9(13)4-2-3-5-9/h13H,2-7H2,1H3,(H,11,12). The highest BCUT2D eigenvalue weighted by Gasteiger charge is 2.32. The van der Waals surface area contributed by atoms with Crippen molar-refractivity contribution >= 4 is 5.97 Å². The number of carbonyl (C=O) groups is 1. The van der Waals surface area contributed by atoms with Crippen LogP contribution in [0, 0.1) is 0 Å². The molecule has 13 heavy (non-hydrogen) atoms. The first kappa shape index (κ1) is 10.5. The zero-order chi connectivity index (χ0) is 9.90. The minimum atomic E-state index is -0.843. The number of likely N-dealkylation sites (N-methyl/N-ethyl adjacent to an activating group) is 1. The predicted octanol–water partition coefficient (Wildman–Crippen LogP) is 0.308. The van der Waals surface area contributed by atoms with Crippen LogP contribution in [-0.2, 0) is 4.79 Å². The Balaban J connectivity index is 2.33. The summed E-state index contributed by atoms with van der Waals surface area (Å²) in [7, 11) is 1.73. The molecule has 1 aliphatic carbocycles. The fraction of sp³-hybridized carbons (Fsp3) is 0.889. The van der Waals surface area contributed by atoms with Gasteiger partial charge in [0.25, 0.3) is 0 Å². The number of rotatable bonds is 4. The van der Waals surface area contributed by atoms with E-state index in [9.17, 15) is 9.90 Å². The van der Waals surface area contributed by atoms with Crippen LogP contribution < -0.4 is 0 Å². The van der Waals surface area contributed by atoms with Gasteiger partial charge in [0.1, 0.15) is 0 Å². The summed E-state index contributed by atoms with van der Waals surface area (Å²) >= 11 is 0. The highest BCUT2D eigenvalue weighted by atomic mass is 16.4. The van der Waals surface area contributed by atoms with E-state index in [1.54, 1.807) is 11.9 Å². The Morgan fingerprint density at radius 3 is 2.46 bits per heavy atom. The van der Waals surface area contributed by atoms with Gasteiger partial charge in [0.05, 0.1) is 12.1 Å². The second-order valence-corrected chi connectivity index (χ2v) is 4.00. The van der Waals surface area contributed by atoms with E-state index in [4.69, 9.17) is 5.11 Å². The molecule has 0 spiro atoms. The van der Waals surface area contributed by atoms with E-state index < -0.39 is 11.6 Å². The molecule has 0 aromatic carbocycles. The highest BCUT2D eigenvalue weighted by molar-refractivity contribution is 5.69. The molecular weight excluding hydrogens is 170 g/mol. The van der Waals surface area contributed by atoms with Gasteiger partial charge in [0.15, 0.2) is 0 Å². The van der Waals surface area contributed by atoms with E-state index in [0.717, 1.165) is 25.7 Å². The molecule has 0 aromatic rings. The van der Waals surface area contributed by atoms with Gasteiger partial charge in [-0.25, -0.2) is 0 Å². The van der Waals surface area contributed by atoms with Crippen LogP contribution in [0.4, 0.5) is 0 Å². The van der Waals surface area contributed by atoms with Crippen molar-refractivity contribution in [1.82, 2.24) is 4.90 Å². The van der Waals surface area contributed by atoms with Gasteiger partial charge in [-0.2, -0.15) is 0 Å². The Kier molecular flexibility index (Phi) is 3.27. The second kappa shape index (κ2) is 4.07. The minimum absolute atomic E-state index is 0.00229. The van der Waals surface area contributed by atoms with Gasteiger partial charge in [-0.05, 0) is 19.9 Å². The molecule has 0 aliphatic heterocycles. The third kappa shape index (κ3) is 3.32. The molecule has 4 heteroatoms. The molecule has 2 N–H and O–H groups in total. The average Bonchev–Trinajstić information content (AvgIpc) is 2.33. The van der Waals surface area contributed by atoms with Crippen LogP contribution >= 0.6 is 0 Å². The maximum atomic E-state index is 10.4. The van der Waals surface area contributed by atoms with Crippen molar-refractivity contribution in [3.05, 3.63) is 0 Å². The van der Waals surface area contributed by atoms with Crippen molar-refractivity contribution in [1.29, 1.82) is 0 Å². The molecule has 0 radical (unpaired) electrons. The first-order valence-corrected chi connectivity index (χ1v) is 4.65. The zero-order valence-corrected chi connectivity index (χ0v) is 7.99. The molecule has 1 saturated carbocycles. The fourth-order valence-electron chi connectivity index (χ4n) is 1.98. The Bertz CT molecular complexity index is 187. The van der Waals surface area contributed by atoms with Crippen LogP contribution in [0.15, 0.2) is 0 Å². The summed E-state index contributed by atoms with van der Waals surface area (Å²) in [6.45, 7) is 0.474. The zero-order valence-electron chi connectivity index (χ0n) is 7.99. The maximum absolute atomic E-state index is 10.4. The molecule has 1 fully saturated rings. The van der Waals surface area contributed by atoms with Crippen molar-refractivity contribution in [2.45, 2.75) is 31.3 Å². The van der Waals surface area contributed by atoms with Gasteiger partial charge in [-0.1, -0.05) is 12.8 Å². The Hall–Kier alpha value is -0.610. The molecule has 0 heterocycles. The van der Waals surface area contributed by atoms with Gasteiger partial charge in [-0.3, -0.25) is 9.69 Å². The van der Waals surface area contributed by atoms with Crippen molar-refractivity contribution in [2.24, 2.45) is 0 Å². The molecule has 0 amide bonds. The Morgan fingerprint density at radius 1 is 1.46 bits per heavy atom. The smallest absolute Gasteiger partial charge is 0.317 e. The van der Waals surface area contributed by atoms with Gasteiger partial charge in [0.2, 0.25) is 0 Å². The van der Waals surface area contributed by atoms with E-state index >= 15 is 0 Å². The van der Waals surface area contributed by atoms with E-state index in [2.05, 4.69) is 0 Å². The SMILES string of the molecule is CN(CC(=O)O)CC1(O)CCCC1. The van der Waals surface area contributed by atoms with Crippen LogP contribution in [0.25, 0.3) is 0 Å². The molecule has 0 atom stereocenters. The summed E-state index contributed by atoms with van der Waals surface area (Å²) in [5, 5.41) is 18.5. The fourth-order valence-corrected chi connectivity index (χ4v) is 1.98. The van der Waals surface area contributed by atoms with Crippen molar-refractivity contribution in [3.63, 3.8) is 0 Å². The normalized spacial score (nSPS) is 20.8. The monoisotopic (exact) mass is 187 g/mol. The quantitative estimate of drug-likeness (QED) is 0.665. The van der Waals surface area contributed by atoms with Gasteiger partial charge >= 0.3 is 5.97 Å². The summed E-state index contributed by atoms with van der Waals surface area (Å²) in [5.74, 6) is -0.843. The lowest BCUT2D eigenvalue weighted by Crippen LogP contribution is -2.41. The van der Waals surface area contributed by atoms with Crippen molar-refractivity contribution in [2.75, 3.05) is 20.1 Å². The van der Waals surface area contributed by atoms with E-state index in [-0.39, 0.29) is 6.54 Å². The maximum Gasteiger partial charge on any atom is 0.317 e. The summed E-state index contributed by atoms with van der Waals surface area (Å²) in [5.41, 5.74) is -0.635. The lowest BCUT2D eigenvalue weighted by Gasteiger charge is -2.27. The number of aliphatic hydroxyl groups is 1. The Morgan fingerprint density at radius 2 is 2.00 bits per heavy atom. The van der Waals surface area contributed by atoms with Crippen LogP contribution in [0.1, 0.15) is 25.7 Å². The molecule has 4 nitrogen and oxygen atoms in total. The lowest BCUT2D eigenvalue weighted by molar-refractivity contribution is -0.138. The molecule has 0 unspecified atom stereocenters. The summed E-state index contributed by atoms with van der Waals surface area (Å²) in [6.07, 6.45) is 3.71. The first-order chi connectivity index (χ1) is 6.02. The third-order valence-electron chi connectivity index (χ3n) is 2.50. The number of carboxylic acid groups (broad SMARTS) is 1. The lowest BCUT2D eigenvalue weighted by atomic mass is 10.0. The first-order valence-electron chi connectivity index (χ1n) is 4.65. The summed E-state index contributed by atoms with van der Waals surface area (Å²) < 4.78 is 0. The molecule has 0 saturated heterocycles. The number of hydrogen-bond donors (Lipinski definition) is 2. The highest BCUT2D eigenvalue weighted by Crippen LogP contribution is 2.29. The summed E-state index contributed by atoms with van der Waals surface area (Å²) in [4.78, 5) is 12.0.